The van der Waals surface area contributed by atoms with Gasteiger partial charge in [0.25, 0.3) is 0 Å². The van der Waals surface area contributed by atoms with Crippen molar-refractivity contribution in [1.29, 1.82) is 0 Å². The second-order valence-electron chi connectivity index (χ2n) is 5.08. The van der Waals surface area contributed by atoms with Gasteiger partial charge in [0.2, 0.25) is 0 Å². The van der Waals surface area contributed by atoms with Gasteiger partial charge in [0, 0.05) is 6.54 Å². The number of ether oxygens (including phenoxy) is 1. The van der Waals surface area contributed by atoms with Gasteiger partial charge in [0.05, 0.1) is 0 Å². The first-order valence-electron chi connectivity index (χ1n) is 6.78. The molecule has 0 bridgehead atoms. The zero-order valence-corrected chi connectivity index (χ0v) is 11.9. The van der Waals surface area contributed by atoms with Crippen LogP contribution in [-0.2, 0) is 9.53 Å². The lowest BCUT2D eigenvalue weighted by Crippen LogP contribution is -2.44. The summed E-state index contributed by atoms with van der Waals surface area (Å²) < 4.78 is 5.51. The molecule has 3 N–H and O–H groups in total. The van der Waals surface area contributed by atoms with E-state index in [9.17, 15) is 9.90 Å². The van der Waals surface area contributed by atoms with Gasteiger partial charge < -0.3 is 15.6 Å². The molecular formula is C17H19NO3. The molecule has 0 amide bonds. The highest BCUT2D eigenvalue weighted by Gasteiger charge is 2.33. The lowest BCUT2D eigenvalue weighted by molar-refractivity contribution is -0.166. The third kappa shape index (κ3) is 3.68. The molecule has 1 unspecified atom stereocenters. The Labute approximate surface area is 124 Å². The predicted molar refractivity (Wildman–Crippen MR) is 80.5 cm³/mol. The van der Waals surface area contributed by atoms with Gasteiger partial charge in [-0.15, -0.1) is 0 Å². The van der Waals surface area contributed by atoms with Gasteiger partial charge in [0.15, 0.2) is 11.7 Å². The zero-order valence-electron chi connectivity index (χ0n) is 11.9. The average Bonchev–Trinajstić information content (AvgIpc) is 2.54. The monoisotopic (exact) mass is 285 g/mol. The molecule has 0 aliphatic carbocycles. The largest absolute Gasteiger partial charge is 0.450 e. The third-order valence-corrected chi connectivity index (χ3v) is 3.27. The third-order valence-electron chi connectivity index (χ3n) is 3.27. The summed E-state index contributed by atoms with van der Waals surface area (Å²) in [5.41, 5.74) is 5.39. The van der Waals surface area contributed by atoms with Gasteiger partial charge in [-0.1, -0.05) is 60.7 Å². The highest BCUT2D eigenvalue weighted by molar-refractivity contribution is 5.79. The summed E-state index contributed by atoms with van der Waals surface area (Å²) in [5.74, 6) is -0.734. The predicted octanol–water partition coefficient (Wildman–Crippen LogP) is 2.03. The van der Waals surface area contributed by atoms with Crippen LogP contribution in [0, 0.1) is 0 Å². The van der Waals surface area contributed by atoms with Crippen LogP contribution in [0.4, 0.5) is 0 Å². The van der Waals surface area contributed by atoms with Gasteiger partial charge >= 0.3 is 5.97 Å². The number of esters is 1. The molecule has 0 fully saturated rings. The van der Waals surface area contributed by atoms with E-state index in [1.165, 1.54) is 6.92 Å². The van der Waals surface area contributed by atoms with Crippen LogP contribution in [0.25, 0.3) is 0 Å². The fourth-order valence-corrected chi connectivity index (χ4v) is 1.90. The maximum Gasteiger partial charge on any atom is 0.340 e. The van der Waals surface area contributed by atoms with E-state index in [0.29, 0.717) is 0 Å². The molecule has 0 saturated carbocycles. The van der Waals surface area contributed by atoms with Crippen molar-refractivity contribution in [2.75, 3.05) is 6.54 Å². The standard InChI is InChI=1S/C17H19NO3/c1-17(20,12-18)16(19)21-15(13-8-4-2-5-9-13)14-10-6-3-7-11-14/h2-11,15,20H,12,18H2,1H3. The Balaban J connectivity index is 2.32. The minimum atomic E-state index is -1.69. The maximum absolute atomic E-state index is 12.1. The minimum absolute atomic E-state index is 0.192. The normalized spacial score (nSPS) is 13.7. The summed E-state index contributed by atoms with van der Waals surface area (Å²) in [7, 11) is 0. The summed E-state index contributed by atoms with van der Waals surface area (Å²) in [4.78, 5) is 12.1. The van der Waals surface area contributed by atoms with E-state index in [0.717, 1.165) is 11.1 Å². The number of aliphatic hydroxyl groups is 1. The summed E-state index contributed by atoms with van der Waals surface area (Å²) >= 11 is 0. The molecule has 2 aromatic rings. The van der Waals surface area contributed by atoms with E-state index in [1.807, 2.05) is 60.7 Å². The second-order valence-corrected chi connectivity index (χ2v) is 5.08. The molecule has 0 aliphatic rings. The van der Waals surface area contributed by atoms with E-state index in [1.54, 1.807) is 0 Å². The molecule has 0 aliphatic heterocycles. The Bertz CT molecular complexity index is 542. The molecule has 4 nitrogen and oxygen atoms in total. The van der Waals surface area contributed by atoms with Crippen molar-refractivity contribution in [1.82, 2.24) is 0 Å². The minimum Gasteiger partial charge on any atom is -0.450 e. The first-order valence-corrected chi connectivity index (χ1v) is 6.78. The quantitative estimate of drug-likeness (QED) is 0.824. The Hall–Kier alpha value is -2.17. The number of hydrogen-bond acceptors (Lipinski definition) is 4. The fraction of sp³-hybridized carbons (Fsp3) is 0.235. The van der Waals surface area contributed by atoms with Crippen LogP contribution in [0.1, 0.15) is 24.2 Å². The molecular weight excluding hydrogens is 266 g/mol. The van der Waals surface area contributed by atoms with Crippen LogP contribution < -0.4 is 5.73 Å². The molecule has 0 saturated heterocycles. The van der Waals surface area contributed by atoms with E-state index in [-0.39, 0.29) is 6.54 Å². The molecule has 1 atom stereocenters. The van der Waals surface area contributed by atoms with Gasteiger partial charge in [0.1, 0.15) is 0 Å². The van der Waals surface area contributed by atoms with E-state index in [2.05, 4.69) is 0 Å². The average molecular weight is 285 g/mol. The molecule has 0 radical (unpaired) electrons. The Kier molecular flexibility index (Phi) is 4.73. The van der Waals surface area contributed by atoms with Crippen molar-refractivity contribution in [2.45, 2.75) is 18.6 Å². The number of nitrogens with two attached hydrogens (primary N) is 1. The first-order chi connectivity index (χ1) is 10.0. The lowest BCUT2D eigenvalue weighted by Gasteiger charge is -2.25. The number of carbonyl (C=O) groups is 1. The molecule has 0 heterocycles. The van der Waals surface area contributed by atoms with Gasteiger partial charge in [-0.25, -0.2) is 4.79 Å². The second kappa shape index (κ2) is 6.52. The smallest absolute Gasteiger partial charge is 0.340 e. The van der Waals surface area contributed by atoms with Gasteiger partial charge in [-0.05, 0) is 18.1 Å². The van der Waals surface area contributed by atoms with Crippen molar-refractivity contribution in [3.63, 3.8) is 0 Å². The number of rotatable bonds is 5. The van der Waals surface area contributed by atoms with Crippen LogP contribution in [0.5, 0.6) is 0 Å². The van der Waals surface area contributed by atoms with Gasteiger partial charge in [-0.2, -0.15) is 0 Å². The zero-order chi connectivity index (χ0) is 15.3. The Morgan fingerprint density at radius 2 is 1.52 bits per heavy atom. The number of hydrogen-bond donors (Lipinski definition) is 2. The summed E-state index contributed by atoms with van der Waals surface area (Å²) in [6, 6.07) is 18.8. The highest BCUT2D eigenvalue weighted by Crippen LogP contribution is 2.27. The summed E-state index contributed by atoms with van der Waals surface area (Å²) in [6.45, 7) is 1.16. The molecule has 2 rings (SSSR count). The van der Waals surface area contributed by atoms with E-state index >= 15 is 0 Å². The van der Waals surface area contributed by atoms with E-state index in [4.69, 9.17) is 10.5 Å². The summed E-state index contributed by atoms with van der Waals surface area (Å²) in [6.07, 6.45) is -0.571. The van der Waals surface area contributed by atoms with E-state index < -0.39 is 17.7 Å². The van der Waals surface area contributed by atoms with Crippen molar-refractivity contribution in [2.24, 2.45) is 5.73 Å². The van der Waals surface area contributed by atoms with Crippen LogP contribution in [-0.4, -0.2) is 23.2 Å². The molecule has 21 heavy (non-hydrogen) atoms. The maximum atomic E-state index is 12.1. The Morgan fingerprint density at radius 1 is 1.10 bits per heavy atom. The van der Waals surface area contributed by atoms with Crippen molar-refractivity contribution >= 4 is 5.97 Å². The van der Waals surface area contributed by atoms with Crippen LogP contribution >= 0.6 is 0 Å². The Morgan fingerprint density at radius 3 is 1.90 bits per heavy atom. The molecule has 110 valence electrons. The fourth-order valence-electron chi connectivity index (χ4n) is 1.90. The lowest BCUT2D eigenvalue weighted by atomic mass is 10.0. The van der Waals surface area contributed by atoms with Crippen molar-refractivity contribution in [3.8, 4) is 0 Å². The van der Waals surface area contributed by atoms with Crippen LogP contribution in [0.2, 0.25) is 0 Å². The number of carbonyl (C=O) groups excluding carboxylic acids is 1. The van der Waals surface area contributed by atoms with Crippen LogP contribution in [0.15, 0.2) is 60.7 Å². The molecule has 4 heteroatoms. The first kappa shape index (κ1) is 15.2. The van der Waals surface area contributed by atoms with Gasteiger partial charge in [-0.3, -0.25) is 0 Å². The number of benzene rings is 2. The van der Waals surface area contributed by atoms with Crippen LogP contribution in [0.3, 0.4) is 0 Å². The summed E-state index contributed by atoms with van der Waals surface area (Å²) in [5, 5.41) is 9.93. The molecule has 0 aromatic heterocycles. The van der Waals surface area contributed by atoms with Crippen molar-refractivity contribution in [3.05, 3.63) is 71.8 Å². The topological polar surface area (TPSA) is 72.5 Å². The van der Waals surface area contributed by atoms with Crippen molar-refractivity contribution < 1.29 is 14.6 Å². The molecule has 2 aromatic carbocycles. The highest BCUT2D eigenvalue weighted by atomic mass is 16.6. The SMILES string of the molecule is CC(O)(CN)C(=O)OC(c1ccccc1)c1ccccc1. The molecule has 0 spiro atoms.